The van der Waals surface area contributed by atoms with E-state index in [-0.39, 0.29) is 18.1 Å². The molecule has 5 heteroatoms. The summed E-state index contributed by atoms with van der Waals surface area (Å²) in [6, 6.07) is -0.217. The zero-order valence-corrected chi connectivity index (χ0v) is 9.85. The highest BCUT2D eigenvalue weighted by atomic mass is 16.5. The fourth-order valence-electron chi connectivity index (χ4n) is 2.65. The van der Waals surface area contributed by atoms with Gasteiger partial charge in [0.05, 0.1) is 5.92 Å². The van der Waals surface area contributed by atoms with Gasteiger partial charge in [0.1, 0.15) is 6.10 Å². The van der Waals surface area contributed by atoms with Crippen molar-refractivity contribution in [3.63, 3.8) is 0 Å². The third-order valence-corrected chi connectivity index (χ3v) is 3.63. The molecule has 1 heterocycles. The molecular formula is C12H19NO4. The summed E-state index contributed by atoms with van der Waals surface area (Å²) in [5.74, 6) is -1.37. The van der Waals surface area contributed by atoms with Crippen molar-refractivity contribution >= 4 is 11.9 Å². The fourth-order valence-corrected chi connectivity index (χ4v) is 2.65. The van der Waals surface area contributed by atoms with Crippen molar-refractivity contribution < 1.29 is 19.4 Å². The van der Waals surface area contributed by atoms with Gasteiger partial charge in [-0.05, 0) is 32.1 Å². The van der Waals surface area contributed by atoms with Crippen molar-refractivity contribution in [2.75, 3.05) is 6.61 Å². The Hall–Kier alpha value is -1.10. The van der Waals surface area contributed by atoms with Crippen LogP contribution in [0.3, 0.4) is 0 Å². The van der Waals surface area contributed by atoms with Crippen LogP contribution in [-0.4, -0.2) is 35.7 Å². The highest BCUT2D eigenvalue weighted by molar-refractivity contribution is 5.82. The van der Waals surface area contributed by atoms with E-state index in [0.29, 0.717) is 13.0 Å². The zero-order chi connectivity index (χ0) is 12.3. The molecule has 1 aliphatic heterocycles. The predicted molar refractivity (Wildman–Crippen MR) is 60.5 cm³/mol. The number of amides is 1. The van der Waals surface area contributed by atoms with E-state index >= 15 is 0 Å². The molecule has 0 unspecified atom stereocenters. The maximum Gasteiger partial charge on any atom is 0.308 e. The molecule has 1 amide bonds. The number of carboxylic acid groups (broad SMARTS) is 1. The van der Waals surface area contributed by atoms with Crippen LogP contribution in [0.5, 0.6) is 0 Å². The first kappa shape index (κ1) is 12.4. The van der Waals surface area contributed by atoms with E-state index in [9.17, 15) is 9.59 Å². The first-order valence-corrected chi connectivity index (χ1v) is 6.33. The van der Waals surface area contributed by atoms with Crippen LogP contribution in [0, 0.1) is 5.92 Å². The van der Waals surface area contributed by atoms with Gasteiger partial charge in [0.15, 0.2) is 0 Å². The molecule has 3 atom stereocenters. The molecule has 0 bridgehead atoms. The van der Waals surface area contributed by atoms with Crippen LogP contribution in [0.1, 0.15) is 38.5 Å². The minimum atomic E-state index is -0.808. The van der Waals surface area contributed by atoms with Crippen LogP contribution in [0.2, 0.25) is 0 Å². The lowest BCUT2D eigenvalue weighted by molar-refractivity contribution is -0.143. The molecule has 1 saturated carbocycles. The summed E-state index contributed by atoms with van der Waals surface area (Å²) in [7, 11) is 0. The lowest BCUT2D eigenvalue weighted by atomic mass is 10.0. The summed E-state index contributed by atoms with van der Waals surface area (Å²) in [5.41, 5.74) is 0. The van der Waals surface area contributed by atoms with Crippen molar-refractivity contribution in [3.8, 4) is 0 Å². The topological polar surface area (TPSA) is 75.6 Å². The van der Waals surface area contributed by atoms with E-state index < -0.39 is 11.9 Å². The molecule has 0 aromatic heterocycles. The van der Waals surface area contributed by atoms with E-state index in [1.165, 1.54) is 0 Å². The van der Waals surface area contributed by atoms with E-state index in [0.717, 1.165) is 32.1 Å². The standard InChI is InChI=1S/C12H19NO4/c14-11(10-6-1-2-7-17-10)13-9-5-3-4-8(9)12(15)16/h8-10H,1-7H2,(H,13,14)(H,15,16)/t8-,9-,10+/m1/s1. The Morgan fingerprint density at radius 1 is 1.12 bits per heavy atom. The molecule has 17 heavy (non-hydrogen) atoms. The van der Waals surface area contributed by atoms with Gasteiger partial charge in [-0.1, -0.05) is 6.42 Å². The normalized spacial score (nSPS) is 33.3. The van der Waals surface area contributed by atoms with Gasteiger partial charge in [0.2, 0.25) is 5.91 Å². The smallest absolute Gasteiger partial charge is 0.308 e. The fraction of sp³-hybridized carbons (Fsp3) is 0.833. The summed E-state index contributed by atoms with van der Waals surface area (Å²) in [6.45, 7) is 0.630. The average Bonchev–Trinajstić information content (AvgIpc) is 2.78. The quantitative estimate of drug-likeness (QED) is 0.770. The number of carbonyl (C=O) groups is 2. The molecule has 0 spiro atoms. The summed E-state index contributed by atoms with van der Waals surface area (Å²) >= 11 is 0. The van der Waals surface area contributed by atoms with Gasteiger partial charge < -0.3 is 15.2 Å². The third kappa shape index (κ3) is 2.97. The number of aliphatic carboxylic acids is 1. The predicted octanol–water partition coefficient (Wildman–Crippen LogP) is 0.925. The summed E-state index contributed by atoms with van der Waals surface area (Å²) in [4.78, 5) is 22.9. The number of rotatable bonds is 3. The van der Waals surface area contributed by atoms with Gasteiger partial charge in [0.25, 0.3) is 0 Å². The maximum absolute atomic E-state index is 11.9. The van der Waals surface area contributed by atoms with Crippen molar-refractivity contribution in [2.45, 2.75) is 50.7 Å². The Morgan fingerprint density at radius 3 is 2.59 bits per heavy atom. The van der Waals surface area contributed by atoms with E-state index in [4.69, 9.17) is 9.84 Å². The SMILES string of the molecule is O=C(N[C@@H]1CCC[C@H]1C(=O)O)[C@@H]1CCCCO1. The lowest BCUT2D eigenvalue weighted by Crippen LogP contribution is -2.46. The first-order valence-electron chi connectivity index (χ1n) is 6.33. The Morgan fingerprint density at radius 2 is 1.94 bits per heavy atom. The second-order valence-corrected chi connectivity index (χ2v) is 4.85. The van der Waals surface area contributed by atoms with E-state index in [2.05, 4.69) is 5.32 Å². The number of carboxylic acids is 1. The van der Waals surface area contributed by atoms with Gasteiger partial charge in [0, 0.05) is 12.6 Å². The molecule has 0 aromatic carbocycles. The molecule has 2 rings (SSSR count). The maximum atomic E-state index is 11.9. The average molecular weight is 241 g/mol. The van der Waals surface area contributed by atoms with Crippen LogP contribution in [0.4, 0.5) is 0 Å². The van der Waals surface area contributed by atoms with E-state index in [1.807, 2.05) is 0 Å². The number of carbonyl (C=O) groups excluding carboxylic acids is 1. The van der Waals surface area contributed by atoms with Gasteiger partial charge in [-0.3, -0.25) is 9.59 Å². The Balaban J connectivity index is 1.86. The molecule has 5 nitrogen and oxygen atoms in total. The van der Waals surface area contributed by atoms with Gasteiger partial charge >= 0.3 is 5.97 Å². The molecule has 96 valence electrons. The third-order valence-electron chi connectivity index (χ3n) is 3.63. The summed E-state index contributed by atoms with van der Waals surface area (Å²) in [5, 5.41) is 11.9. The van der Waals surface area contributed by atoms with Gasteiger partial charge in [-0.2, -0.15) is 0 Å². The number of hydrogen-bond donors (Lipinski definition) is 2. The highest BCUT2D eigenvalue weighted by Crippen LogP contribution is 2.26. The summed E-state index contributed by atoms with van der Waals surface area (Å²) < 4.78 is 5.39. The molecule has 0 radical (unpaired) electrons. The number of nitrogens with one attached hydrogen (secondary N) is 1. The molecule has 2 N–H and O–H groups in total. The van der Waals surface area contributed by atoms with Gasteiger partial charge in [-0.15, -0.1) is 0 Å². The molecule has 1 saturated heterocycles. The molecule has 2 fully saturated rings. The molecular weight excluding hydrogens is 222 g/mol. The number of ether oxygens (including phenoxy) is 1. The minimum Gasteiger partial charge on any atom is -0.481 e. The van der Waals surface area contributed by atoms with Crippen molar-refractivity contribution in [3.05, 3.63) is 0 Å². The van der Waals surface area contributed by atoms with Gasteiger partial charge in [-0.25, -0.2) is 0 Å². The zero-order valence-electron chi connectivity index (χ0n) is 9.85. The van der Waals surface area contributed by atoms with Crippen LogP contribution < -0.4 is 5.32 Å². The lowest BCUT2D eigenvalue weighted by Gasteiger charge is -2.25. The van der Waals surface area contributed by atoms with Crippen molar-refractivity contribution in [2.24, 2.45) is 5.92 Å². The molecule has 1 aliphatic carbocycles. The monoisotopic (exact) mass is 241 g/mol. The van der Waals surface area contributed by atoms with Crippen LogP contribution in [0.25, 0.3) is 0 Å². The Kier molecular flexibility index (Phi) is 3.99. The molecule has 2 aliphatic rings. The van der Waals surface area contributed by atoms with Crippen LogP contribution in [-0.2, 0) is 14.3 Å². The van der Waals surface area contributed by atoms with Crippen molar-refractivity contribution in [1.82, 2.24) is 5.32 Å². The summed E-state index contributed by atoms with van der Waals surface area (Å²) in [6.07, 6.45) is 4.67. The second kappa shape index (κ2) is 5.49. The van der Waals surface area contributed by atoms with Crippen molar-refractivity contribution in [1.29, 1.82) is 0 Å². The highest BCUT2D eigenvalue weighted by Gasteiger charge is 2.35. The second-order valence-electron chi connectivity index (χ2n) is 4.85. The minimum absolute atomic E-state index is 0.136. The van der Waals surface area contributed by atoms with Crippen LogP contribution >= 0.6 is 0 Å². The Labute approximate surface area is 101 Å². The largest absolute Gasteiger partial charge is 0.481 e. The van der Waals surface area contributed by atoms with Crippen LogP contribution in [0.15, 0.2) is 0 Å². The molecule has 0 aromatic rings. The van der Waals surface area contributed by atoms with E-state index in [1.54, 1.807) is 0 Å². The first-order chi connectivity index (χ1) is 8.18. The number of hydrogen-bond acceptors (Lipinski definition) is 3. The Bertz CT molecular complexity index is 299.